The van der Waals surface area contributed by atoms with Crippen molar-refractivity contribution >= 4 is 17.7 Å². The first kappa shape index (κ1) is 55.6. The number of oxime groups is 1. The summed E-state index contributed by atoms with van der Waals surface area (Å²) in [5.41, 5.74) is -4.52. The van der Waals surface area contributed by atoms with Gasteiger partial charge in [-0.05, 0) is 102 Å². The molecular weight excluding hydrogens is 845 g/mol. The molecule has 3 heterocycles. The summed E-state index contributed by atoms with van der Waals surface area (Å²) < 4.78 is 50.8. The Morgan fingerprint density at radius 1 is 0.908 bits per heavy atom. The number of methoxy groups -OCH3 is 1. The largest absolute Gasteiger partial charge is 0.459 e. The molecule has 1 saturated carbocycles. The van der Waals surface area contributed by atoms with Gasteiger partial charge in [-0.3, -0.25) is 9.59 Å². The van der Waals surface area contributed by atoms with Gasteiger partial charge in [-0.25, -0.2) is 0 Å². The van der Waals surface area contributed by atoms with Crippen LogP contribution in [0.15, 0.2) is 5.16 Å². The Hall–Kier alpha value is -2.03. The van der Waals surface area contributed by atoms with Crippen molar-refractivity contribution < 1.29 is 72.7 Å². The summed E-state index contributed by atoms with van der Waals surface area (Å²) in [6.07, 6.45) is -5.68. The molecule has 4 N–H and O–H groups in total. The van der Waals surface area contributed by atoms with Gasteiger partial charge in [0.25, 0.3) is 0 Å². The molecule has 0 aromatic carbocycles. The zero-order valence-corrected chi connectivity index (χ0v) is 42.3. The van der Waals surface area contributed by atoms with Crippen LogP contribution in [0.25, 0.3) is 0 Å². The smallest absolute Gasteiger partial charge is 0.311 e. The van der Waals surface area contributed by atoms with Gasteiger partial charge in [-0.1, -0.05) is 39.3 Å². The van der Waals surface area contributed by atoms with Crippen LogP contribution in [0.5, 0.6) is 0 Å². The van der Waals surface area contributed by atoms with Gasteiger partial charge in [0.2, 0.25) is 5.79 Å². The Balaban J connectivity index is 1.94. The van der Waals surface area contributed by atoms with Crippen LogP contribution in [0.2, 0.25) is 0 Å². The molecule has 1 aliphatic carbocycles. The number of likely N-dealkylation sites (N-methyl/N-ethyl adjacent to an activating group) is 1. The highest BCUT2D eigenvalue weighted by Gasteiger charge is 2.54. The van der Waals surface area contributed by atoms with Crippen LogP contribution >= 0.6 is 0 Å². The van der Waals surface area contributed by atoms with E-state index in [9.17, 15) is 30.0 Å². The van der Waals surface area contributed by atoms with Gasteiger partial charge in [0.1, 0.15) is 17.8 Å². The SMILES string of the molecule is CC[C@H]1OC(=O)[C@H](C)[C@@H](O[C@H]2C[C@@](C)(OC)[C@@H](O)[C@H](C)O2)[C@H](C)[C@@H](O[C@@H]2O[C@H](C)C[C@H](N(C)C)[C@H]2OC(C)=O)[C@](C)(O)C[C@@H](C)/C(=N\OC2(OC(C)C)CCCCC2)[C@H](C)[C@@H](O)[C@]1(C)O. The number of aliphatic hydroxyl groups is 4. The third kappa shape index (κ3) is 13.2. The van der Waals surface area contributed by atoms with E-state index < -0.39 is 114 Å². The zero-order chi connectivity index (χ0) is 49.0. The highest BCUT2D eigenvalue weighted by atomic mass is 16.8. The molecule has 0 aromatic rings. The lowest BCUT2D eigenvalue weighted by Gasteiger charge is -2.49. The molecule has 0 spiro atoms. The van der Waals surface area contributed by atoms with Crippen molar-refractivity contribution in [2.24, 2.45) is 28.8 Å². The van der Waals surface area contributed by atoms with Crippen molar-refractivity contribution in [1.29, 1.82) is 0 Å². The summed E-state index contributed by atoms with van der Waals surface area (Å²) in [6.45, 7) is 22.4. The molecule has 65 heavy (non-hydrogen) atoms. The molecule has 4 aliphatic rings. The number of nitrogens with zero attached hydrogens (tertiary/aromatic N) is 2. The first-order valence-electron chi connectivity index (χ1n) is 24.1. The fraction of sp³-hybridized carbons (Fsp3) is 0.938. The monoisotopic (exact) mass is 931 g/mol. The zero-order valence-electron chi connectivity index (χ0n) is 42.3. The molecule has 0 amide bonds. The summed E-state index contributed by atoms with van der Waals surface area (Å²) in [6, 6.07) is -0.321. The number of carbonyl (C=O) groups is 2. The fourth-order valence-corrected chi connectivity index (χ4v) is 10.8. The lowest BCUT2D eigenvalue weighted by atomic mass is 9.73. The Morgan fingerprint density at radius 3 is 2.09 bits per heavy atom. The summed E-state index contributed by atoms with van der Waals surface area (Å²) in [5.74, 6) is -5.78. The Kier molecular flexibility index (Phi) is 19.3. The number of rotatable bonds is 12. The molecule has 17 heteroatoms. The number of ether oxygens (including phenoxy) is 8. The molecule has 0 radical (unpaired) electrons. The molecule has 17 nitrogen and oxygen atoms in total. The minimum atomic E-state index is -1.98. The van der Waals surface area contributed by atoms with E-state index in [1.54, 1.807) is 48.5 Å². The summed E-state index contributed by atoms with van der Waals surface area (Å²) in [4.78, 5) is 35.7. The summed E-state index contributed by atoms with van der Waals surface area (Å²) >= 11 is 0. The topological polar surface area (TPSA) is 214 Å². The second kappa shape index (κ2) is 22.6. The third-order valence-corrected chi connectivity index (χ3v) is 14.5. The Labute approximate surface area is 388 Å². The van der Waals surface area contributed by atoms with Crippen LogP contribution < -0.4 is 0 Å². The first-order valence-corrected chi connectivity index (χ1v) is 24.1. The number of esters is 2. The molecule has 0 unspecified atom stereocenters. The van der Waals surface area contributed by atoms with E-state index in [0.717, 1.165) is 19.3 Å². The summed E-state index contributed by atoms with van der Waals surface area (Å²) in [7, 11) is 5.26. The molecule has 0 aromatic heterocycles. The third-order valence-electron chi connectivity index (χ3n) is 14.5. The van der Waals surface area contributed by atoms with Gasteiger partial charge in [-0.2, -0.15) is 0 Å². The Morgan fingerprint density at radius 2 is 1.54 bits per heavy atom. The molecule has 3 saturated heterocycles. The highest BCUT2D eigenvalue weighted by molar-refractivity contribution is 5.88. The highest BCUT2D eigenvalue weighted by Crippen LogP contribution is 2.42. The quantitative estimate of drug-likeness (QED) is 0.112. The minimum absolute atomic E-state index is 0.0350. The van der Waals surface area contributed by atoms with Crippen LogP contribution in [0.3, 0.4) is 0 Å². The average Bonchev–Trinajstić information content (AvgIpc) is 3.21. The van der Waals surface area contributed by atoms with Crippen molar-refractivity contribution in [2.75, 3.05) is 21.2 Å². The van der Waals surface area contributed by atoms with Crippen molar-refractivity contribution in [1.82, 2.24) is 4.90 Å². The van der Waals surface area contributed by atoms with Crippen molar-refractivity contribution in [3.05, 3.63) is 0 Å². The normalized spacial score (nSPS) is 44.4. The second-order valence-corrected chi connectivity index (χ2v) is 20.9. The van der Waals surface area contributed by atoms with Gasteiger partial charge < -0.3 is 68.1 Å². The second-order valence-electron chi connectivity index (χ2n) is 20.9. The first-order chi connectivity index (χ1) is 30.1. The molecule has 18 atom stereocenters. The Bertz CT molecular complexity index is 1570. The van der Waals surface area contributed by atoms with Crippen molar-refractivity contribution in [2.45, 2.75) is 244 Å². The average molecular weight is 931 g/mol. The number of hydrogen-bond donors (Lipinski definition) is 4. The number of cyclic esters (lactones) is 1. The van der Waals surface area contributed by atoms with Crippen LogP contribution in [-0.4, -0.2) is 160 Å². The van der Waals surface area contributed by atoms with E-state index in [4.69, 9.17) is 47.9 Å². The lowest BCUT2D eigenvalue weighted by Crippen LogP contribution is -2.61. The van der Waals surface area contributed by atoms with Crippen molar-refractivity contribution in [3.8, 4) is 0 Å². The van der Waals surface area contributed by atoms with E-state index in [0.29, 0.717) is 25.0 Å². The van der Waals surface area contributed by atoms with Crippen molar-refractivity contribution in [3.63, 3.8) is 0 Å². The van der Waals surface area contributed by atoms with Crippen LogP contribution in [-0.2, 0) is 52.3 Å². The summed E-state index contributed by atoms with van der Waals surface area (Å²) in [5, 5.41) is 53.5. The fourth-order valence-electron chi connectivity index (χ4n) is 10.8. The van der Waals surface area contributed by atoms with E-state index in [-0.39, 0.29) is 37.5 Å². The van der Waals surface area contributed by atoms with E-state index in [1.807, 2.05) is 46.7 Å². The predicted octanol–water partition coefficient (Wildman–Crippen LogP) is 5.25. The maximum atomic E-state index is 14.6. The van der Waals surface area contributed by atoms with E-state index >= 15 is 0 Å². The maximum Gasteiger partial charge on any atom is 0.311 e. The lowest BCUT2D eigenvalue weighted by molar-refractivity contribution is -0.318. The molecule has 4 rings (SSSR count). The van der Waals surface area contributed by atoms with E-state index in [1.165, 1.54) is 21.0 Å². The van der Waals surface area contributed by atoms with Gasteiger partial charge in [-0.15, -0.1) is 0 Å². The van der Waals surface area contributed by atoms with Crippen LogP contribution in [0, 0.1) is 23.7 Å². The van der Waals surface area contributed by atoms with Crippen LogP contribution in [0.1, 0.15) is 148 Å². The standard InChI is InChI=1S/C48H86N2O15/c1-17-35-47(13,56)40(52)29(6)37(49-65-48(64-26(2)3)21-19-18-20-22-48)27(4)24-45(11,55)42(63-44-39(60-33(10)51)34(50(14)15)23-28(5)58-44)30(7)38(31(8)43(54)61-35)62-36-25-46(12,57-16)41(53)32(9)59-36/h26-32,34-36,38-42,44,52-53,55-56H,17-25H2,1-16H3/b49-37+/t27-,28-,29+,30+,31-,32+,34+,35-,36+,38+,39-,40-,41+,42-,44+,45-,46-,47-/m1/s1. The van der Waals surface area contributed by atoms with E-state index in [2.05, 4.69) is 0 Å². The number of aliphatic hydroxyl groups excluding tert-OH is 2. The number of carbonyl (C=O) groups excluding carboxylic acids is 2. The molecule has 4 fully saturated rings. The minimum Gasteiger partial charge on any atom is -0.459 e. The predicted molar refractivity (Wildman–Crippen MR) is 241 cm³/mol. The molecule has 378 valence electrons. The van der Waals surface area contributed by atoms with Gasteiger partial charge in [0.15, 0.2) is 18.7 Å². The molecule has 0 bridgehead atoms. The maximum absolute atomic E-state index is 14.6. The van der Waals surface area contributed by atoms with Gasteiger partial charge in [0, 0.05) is 51.0 Å². The van der Waals surface area contributed by atoms with Gasteiger partial charge in [0.05, 0.1) is 65.5 Å². The molecule has 3 aliphatic heterocycles. The number of hydrogen-bond acceptors (Lipinski definition) is 17. The van der Waals surface area contributed by atoms with Crippen LogP contribution in [0.4, 0.5) is 0 Å². The van der Waals surface area contributed by atoms with Gasteiger partial charge >= 0.3 is 11.9 Å². The molecular formula is C48H86N2O15.